The van der Waals surface area contributed by atoms with Crippen molar-refractivity contribution in [2.75, 3.05) is 13.6 Å². The fraction of sp³-hybridized carbons (Fsp3) is 0.308. The van der Waals surface area contributed by atoms with Gasteiger partial charge in [-0.25, -0.2) is 0 Å². The Morgan fingerprint density at radius 2 is 2.25 bits per heavy atom. The third-order valence-corrected chi connectivity index (χ3v) is 2.57. The molecule has 1 aromatic rings. The molecule has 1 aromatic carbocycles. The summed E-state index contributed by atoms with van der Waals surface area (Å²) < 4.78 is 0. The first-order valence-electron chi connectivity index (χ1n) is 5.26. The zero-order valence-electron chi connectivity index (χ0n) is 9.59. The molecule has 0 fully saturated rings. The Hall–Kier alpha value is -1.12. The third-order valence-electron chi connectivity index (χ3n) is 2.24. The largest absolute Gasteiger partial charge is 0.319 e. The molecular formula is C13H16ClNO. The van der Waals surface area contributed by atoms with Gasteiger partial charge in [0.25, 0.3) is 0 Å². The van der Waals surface area contributed by atoms with E-state index in [-0.39, 0.29) is 5.78 Å². The van der Waals surface area contributed by atoms with Gasteiger partial charge in [-0.05, 0) is 44.6 Å². The monoisotopic (exact) mass is 237 g/mol. The van der Waals surface area contributed by atoms with Crippen molar-refractivity contribution in [2.45, 2.75) is 13.3 Å². The van der Waals surface area contributed by atoms with Gasteiger partial charge in [0.1, 0.15) is 0 Å². The van der Waals surface area contributed by atoms with Crippen molar-refractivity contribution in [3.8, 4) is 0 Å². The quantitative estimate of drug-likeness (QED) is 0.630. The molecule has 1 rings (SSSR count). The summed E-state index contributed by atoms with van der Waals surface area (Å²) in [5, 5.41) is 3.58. The molecule has 1 N–H and O–H groups in total. The van der Waals surface area contributed by atoms with E-state index in [1.54, 1.807) is 6.07 Å². The number of nitrogens with one attached hydrogen (secondary N) is 1. The van der Waals surface area contributed by atoms with Crippen molar-refractivity contribution in [3.05, 3.63) is 40.4 Å². The molecule has 0 aliphatic heterocycles. The normalized spacial score (nSPS) is 10.9. The van der Waals surface area contributed by atoms with Crippen molar-refractivity contribution in [1.82, 2.24) is 5.32 Å². The Labute approximate surface area is 101 Å². The van der Waals surface area contributed by atoms with Gasteiger partial charge in [0.15, 0.2) is 5.78 Å². The van der Waals surface area contributed by atoms with Crippen LogP contribution in [0.25, 0.3) is 6.08 Å². The van der Waals surface area contributed by atoms with E-state index in [9.17, 15) is 4.79 Å². The van der Waals surface area contributed by atoms with Crippen LogP contribution >= 0.6 is 11.6 Å². The maximum Gasteiger partial charge on any atom is 0.161 e. The van der Waals surface area contributed by atoms with Crippen LogP contribution in [0.1, 0.15) is 29.3 Å². The molecule has 0 radical (unpaired) electrons. The summed E-state index contributed by atoms with van der Waals surface area (Å²) in [6.07, 6.45) is 5.04. The molecule has 0 unspecified atom stereocenters. The number of hydrogen-bond donors (Lipinski definition) is 1. The molecule has 0 saturated carbocycles. The molecule has 86 valence electrons. The van der Waals surface area contributed by atoms with Crippen LogP contribution in [0.5, 0.6) is 0 Å². The van der Waals surface area contributed by atoms with E-state index in [1.165, 1.54) is 6.92 Å². The van der Waals surface area contributed by atoms with Crippen LogP contribution in [0.3, 0.4) is 0 Å². The summed E-state index contributed by atoms with van der Waals surface area (Å²) in [4.78, 5) is 11.3. The summed E-state index contributed by atoms with van der Waals surface area (Å²) in [5.41, 5.74) is 1.59. The second-order valence-electron chi connectivity index (χ2n) is 3.59. The molecule has 0 atom stereocenters. The zero-order valence-corrected chi connectivity index (χ0v) is 10.3. The molecule has 0 aliphatic rings. The van der Waals surface area contributed by atoms with Crippen LogP contribution in [0.4, 0.5) is 0 Å². The average molecular weight is 238 g/mol. The topological polar surface area (TPSA) is 29.1 Å². The fourth-order valence-corrected chi connectivity index (χ4v) is 1.61. The summed E-state index contributed by atoms with van der Waals surface area (Å²) >= 11 is 5.92. The molecule has 0 amide bonds. The van der Waals surface area contributed by atoms with Gasteiger partial charge in [-0.3, -0.25) is 4.79 Å². The van der Waals surface area contributed by atoms with Gasteiger partial charge in [-0.1, -0.05) is 29.8 Å². The highest BCUT2D eigenvalue weighted by atomic mass is 35.5. The van der Waals surface area contributed by atoms with Crippen molar-refractivity contribution in [1.29, 1.82) is 0 Å². The Kier molecular flexibility index (Phi) is 5.23. The van der Waals surface area contributed by atoms with E-state index in [4.69, 9.17) is 11.6 Å². The lowest BCUT2D eigenvalue weighted by Crippen LogP contribution is -2.05. The first-order chi connectivity index (χ1) is 7.65. The van der Waals surface area contributed by atoms with Gasteiger partial charge in [-0.15, -0.1) is 0 Å². The Bertz CT molecular complexity index is 399. The van der Waals surface area contributed by atoms with Gasteiger partial charge >= 0.3 is 0 Å². The van der Waals surface area contributed by atoms with E-state index in [0.717, 1.165) is 18.5 Å². The second-order valence-corrected chi connectivity index (χ2v) is 4.00. The number of hydrogen-bond acceptors (Lipinski definition) is 2. The lowest BCUT2D eigenvalue weighted by molar-refractivity contribution is 0.101. The summed E-state index contributed by atoms with van der Waals surface area (Å²) in [6.45, 7) is 2.47. The Morgan fingerprint density at radius 1 is 1.50 bits per heavy atom. The molecule has 0 aromatic heterocycles. The number of carbonyl (C=O) groups is 1. The van der Waals surface area contributed by atoms with E-state index in [2.05, 4.69) is 11.4 Å². The molecular weight excluding hydrogens is 222 g/mol. The number of benzene rings is 1. The molecule has 0 heterocycles. The molecule has 2 nitrogen and oxygen atoms in total. The van der Waals surface area contributed by atoms with Gasteiger partial charge < -0.3 is 5.32 Å². The van der Waals surface area contributed by atoms with Crippen molar-refractivity contribution < 1.29 is 4.79 Å². The summed E-state index contributed by atoms with van der Waals surface area (Å²) in [5.74, 6) is -0.00419. The van der Waals surface area contributed by atoms with E-state index < -0.39 is 0 Å². The van der Waals surface area contributed by atoms with Crippen LogP contribution in [0.2, 0.25) is 5.02 Å². The minimum Gasteiger partial charge on any atom is -0.319 e. The SMILES string of the molecule is CNCCC=Cc1ccc(Cl)c(C(C)=O)c1. The molecule has 16 heavy (non-hydrogen) atoms. The fourth-order valence-electron chi connectivity index (χ4n) is 1.36. The standard InChI is InChI=1S/C13H16ClNO/c1-10(16)12-9-11(6-7-13(12)14)5-3-4-8-15-2/h3,5-7,9,15H,4,8H2,1-2H3. The predicted molar refractivity (Wildman–Crippen MR) is 69.0 cm³/mol. The molecule has 3 heteroatoms. The molecule has 0 spiro atoms. The highest BCUT2D eigenvalue weighted by Crippen LogP contribution is 2.19. The smallest absolute Gasteiger partial charge is 0.161 e. The van der Waals surface area contributed by atoms with Crippen LogP contribution in [-0.4, -0.2) is 19.4 Å². The van der Waals surface area contributed by atoms with Crippen LogP contribution in [0, 0.1) is 0 Å². The number of halogens is 1. The van der Waals surface area contributed by atoms with Gasteiger partial charge in [0.2, 0.25) is 0 Å². The number of ketones is 1. The van der Waals surface area contributed by atoms with E-state index in [0.29, 0.717) is 10.6 Å². The Balaban J connectivity index is 2.78. The number of Topliss-reactive ketones (excluding diaryl/α,β-unsaturated/α-hetero) is 1. The number of rotatable bonds is 5. The lowest BCUT2D eigenvalue weighted by atomic mass is 10.1. The first-order valence-corrected chi connectivity index (χ1v) is 5.64. The van der Waals surface area contributed by atoms with Gasteiger partial charge in [-0.2, -0.15) is 0 Å². The lowest BCUT2D eigenvalue weighted by Gasteiger charge is -2.01. The van der Waals surface area contributed by atoms with Crippen LogP contribution in [0.15, 0.2) is 24.3 Å². The predicted octanol–water partition coefficient (Wildman–Crippen LogP) is 3.17. The van der Waals surface area contributed by atoms with Gasteiger partial charge in [0.05, 0.1) is 5.02 Å². The first kappa shape index (κ1) is 12.9. The maximum atomic E-state index is 11.3. The van der Waals surface area contributed by atoms with Gasteiger partial charge in [0, 0.05) is 5.56 Å². The highest BCUT2D eigenvalue weighted by Gasteiger charge is 2.04. The third kappa shape index (κ3) is 3.80. The van der Waals surface area contributed by atoms with E-state index >= 15 is 0 Å². The highest BCUT2D eigenvalue weighted by molar-refractivity contribution is 6.33. The maximum absolute atomic E-state index is 11.3. The van der Waals surface area contributed by atoms with E-state index in [1.807, 2.05) is 25.3 Å². The van der Waals surface area contributed by atoms with Crippen molar-refractivity contribution >= 4 is 23.5 Å². The molecule has 0 bridgehead atoms. The summed E-state index contributed by atoms with van der Waals surface area (Å²) in [6, 6.07) is 5.49. The molecule has 0 saturated heterocycles. The number of carbonyl (C=O) groups excluding carboxylic acids is 1. The second kappa shape index (κ2) is 6.46. The molecule has 0 aliphatic carbocycles. The zero-order chi connectivity index (χ0) is 12.0. The van der Waals surface area contributed by atoms with Crippen molar-refractivity contribution in [2.24, 2.45) is 0 Å². The minimum atomic E-state index is -0.00419. The Morgan fingerprint density at radius 3 is 2.88 bits per heavy atom. The summed E-state index contributed by atoms with van der Waals surface area (Å²) in [7, 11) is 1.92. The van der Waals surface area contributed by atoms with Crippen LogP contribution < -0.4 is 5.32 Å². The average Bonchev–Trinajstić information content (AvgIpc) is 2.26. The minimum absolute atomic E-state index is 0.00419. The van der Waals surface area contributed by atoms with Crippen molar-refractivity contribution in [3.63, 3.8) is 0 Å². The van der Waals surface area contributed by atoms with Crippen LogP contribution in [-0.2, 0) is 0 Å².